The van der Waals surface area contributed by atoms with Crippen LogP contribution in [0.15, 0.2) is 22.7 Å². The van der Waals surface area contributed by atoms with E-state index in [1.165, 1.54) is 16.1 Å². The molecule has 0 aliphatic heterocycles. The summed E-state index contributed by atoms with van der Waals surface area (Å²) in [6.45, 7) is 13.9. The van der Waals surface area contributed by atoms with Gasteiger partial charge in [0.2, 0.25) is 0 Å². The van der Waals surface area contributed by atoms with Gasteiger partial charge in [-0.25, -0.2) is 0 Å². The van der Waals surface area contributed by atoms with E-state index in [1.807, 2.05) is 6.20 Å². The predicted octanol–water partition coefficient (Wildman–Crippen LogP) is 2.92. The van der Waals surface area contributed by atoms with Gasteiger partial charge in [-0.05, 0) is 12.1 Å². The Balaban J connectivity index is 2.70. The van der Waals surface area contributed by atoms with Crippen LogP contribution in [-0.2, 0) is 0 Å². The molecule has 0 radical (unpaired) electrons. The topological polar surface area (TPSA) is 26.0 Å². The minimum absolute atomic E-state index is 1.03. The lowest BCUT2D eigenvalue weighted by Crippen LogP contribution is -2.40. The maximum Gasteiger partial charge on any atom is 0.150 e. The molecule has 0 saturated heterocycles. The molecular formula is C13H21NOSi2. The average molecular weight is 263 g/mol. The highest BCUT2D eigenvalue weighted by Crippen LogP contribution is 2.17. The fourth-order valence-electron chi connectivity index (χ4n) is 1.87. The predicted molar refractivity (Wildman–Crippen MR) is 80.0 cm³/mol. The van der Waals surface area contributed by atoms with Gasteiger partial charge < -0.3 is 4.42 Å². The highest BCUT2D eigenvalue weighted by atomic mass is 28.3. The van der Waals surface area contributed by atoms with Gasteiger partial charge in [0.05, 0.1) is 10.7 Å². The van der Waals surface area contributed by atoms with E-state index in [2.05, 4.69) is 56.4 Å². The summed E-state index contributed by atoms with van der Waals surface area (Å²) in [5, 5.41) is 3.59. The van der Waals surface area contributed by atoms with Crippen LogP contribution in [0.4, 0.5) is 0 Å². The van der Waals surface area contributed by atoms with Gasteiger partial charge >= 0.3 is 0 Å². The summed E-state index contributed by atoms with van der Waals surface area (Å²) in [6, 6.07) is 4.28. The second-order valence-corrected chi connectivity index (χ2v) is 16.7. The van der Waals surface area contributed by atoms with E-state index in [0.717, 1.165) is 5.58 Å². The lowest BCUT2D eigenvalue weighted by atomic mass is 10.3. The summed E-state index contributed by atoms with van der Waals surface area (Å²) in [4.78, 5) is 4.56. The van der Waals surface area contributed by atoms with Crippen molar-refractivity contribution in [2.75, 3.05) is 0 Å². The maximum atomic E-state index is 6.12. The number of aromatic nitrogens is 1. The molecule has 0 bridgehead atoms. The lowest BCUT2D eigenvalue weighted by Gasteiger charge is -2.15. The second kappa shape index (κ2) is 3.81. The molecule has 2 nitrogen and oxygen atoms in total. The Morgan fingerprint density at radius 1 is 1.00 bits per heavy atom. The fourth-order valence-corrected chi connectivity index (χ4v) is 4.20. The van der Waals surface area contributed by atoms with Crippen LogP contribution < -0.4 is 10.7 Å². The van der Waals surface area contributed by atoms with Crippen molar-refractivity contribution in [2.45, 2.75) is 39.3 Å². The second-order valence-electron chi connectivity index (χ2n) is 6.69. The Hall–Kier alpha value is -0.876. The molecule has 0 saturated carbocycles. The fraction of sp³-hybridized carbons (Fsp3) is 0.462. The van der Waals surface area contributed by atoms with Gasteiger partial charge in [0.25, 0.3) is 0 Å². The average Bonchev–Trinajstić information content (AvgIpc) is 2.57. The quantitative estimate of drug-likeness (QED) is 0.779. The first-order chi connectivity index (χ1) is 7.69. The zero-order chi connectivity index (χ0) is 12.8. The summed E-state index contributed by atoms with van der Waals surface area (Å²) in [7, 11) is -2.81. The monoisotopic (exact) mass is 263 g/mol. The molecule has 2 rings (SSSR count). The first-order valence-electron chi connectivity index (χ1n) is 6.09. The molecule has 2 aromatic rings. The molecule has 0 aromatic carbocycles. The summed E-state index contributed by atoms with van der Waals surface area (Å²) >= 11 is 0. The van der Waals surface area contributed by atoms with Crippen molar-refractivity contribution in [3.05, 3.63) is 18.3 Å². The van der Waals surface area contributed by atoms with Crippen LogP contribution in [0.2, 0.25) is 39.3 Å². The molecule has 2 heterocycles. The van der Waals surface area contributed by atoms with Gasteiger partial charge in [-0.2, -0.15) is 0 Å². The number of rotatable bonds is 2. The zero-order valence-electron chi connectivity index (χ0n) is 11.6. The Bertz CT molecular complexity index is 547. The van der Waals surface area contributed by atoms with Gasteiger partial charge in [-0.15, -0.1) is 0 Å². The number of hydrogen-bond donors (Lipinski definition) is 0. The number of fused-ring (bicyclic) bond motifs is 1. The van der Waals surface area contributed by atoms with Crippen molar-refractivity contribution in [3.8, 4) is 0 Å². The summed E-state index contributed by atoms with van der Waals surface area (Å²) in [6.07, 6.45) is 1.92. The normalized spacial score (nSPS) is 13.3. The largest absolute Gasteiger partial charge is 0.465 e. The van der Waals surface area contributed by atoms with E-state index < -0.39 is 16.1 Å². The van der Waals surface area contributed by atoms with Crippen LogP contribution in [0.1, 0.15) is 0 Å². The van der Waals surface area contributed by atoms with Gasteiger partial charge in [0.1, 0.15) is 16.1 Å². The molecule has 0 amide bonds. The molecule has 0 fully saturated rings. The Morgan fingerprint density at radius 3 is 2.18 bits per heavy atom. The maximum absolute atomic E-state index is 6.12. The van der Waals surface area contributed by atoms with E-state index in [1.54, 1.807) is 0 Å². The molecule has 17 heavy (non-hydrogen) atoms. The van der Waals surface area contributed by atoms with Crippen molar-refractivity contribution in [2.24, 2.45) is 0 Å². The van der Waals surface area contributed by atoms with Crippen LogP contribution in [0, 0.1) is 0 Å². The van der Waals surface area contributed by atoms with Gasteiger partial charge in [0, 0.05) is 11.6 Å². The van der Waals surface area contributed by atoms with Crippen molar-refractivity contribution >= 4 is 37.8 Å². The highest BCUT2D eigenvalue weighted by Gasteiger charge is 2.26. The third-order valence-electron chi connectivity index (χ3n) is 2.88. The van der Waals surface area contributed by atoms with Crippen molar-refractivity contribution in [3.63, 3.8) is 0 Å². The van der Waals surface area contributed by atoms with Crippen molar-refractivity contribution in [1.29, 1.82) is 0 Å². The number of pyridine rings is 1. The minimum atomic E-state index is -1.43. The smallest absolute Gasteiger partial charge is 0.150 e. The number of furan rings is 1. The minimum Gasteiger partial charge on any atom is -0.465 e. The van der Waals surface area contributed by atoms with Crippen molar-refractivity contribution < 1.29 is 4.42 Å². The van der Waals surface area contributed by atoms with Crippen LogP contribution in [-0.4, -0.2) is 21.1 Å². The van der Waals surface area contributed by atoms with Gasteiger partial charge in [-0.1, -0.05) is 39.3 Å². The SMILES string of the molecule is C[Si](C)(C)c1cc2ccnc([Si](C)(C)C)c2o1. The molecule has 0 aliphatic rings. The Morgan fingerprint density at radius 2 is 1.65 bits per heavy atom. The van der Waals surface area contributed by atoms with Gasteiger partial charge in [0.15, 0.2) is 5.58 Å². The number of hydrogen-bond acceptors (Lipinski definition) is 2. The molecular weight excluding hydrogens is 242 g/mol. The molecule has 0 N–H and O–H groups in total. The van der Waals surface area contributed by atoms with E-state index in [-0.39, 0.29) is 0 Å². The van der Waals surface area contributed by atoms with Crippen molar-refractivity contribution in [1.82, 2.24) is 4.98 Å². The van der Waals surface area contributed by atoms with Crippen LogP contribution in [0.25, 0.3) is 11.0 Å². The molecule has 0 spiro atoms. The zero-order valence-corrected chi connectivity index (χ0v) is 13.6. The first-order valence-corrected chi connectivity index (χ1v) is 13.1. The number of nitrogens with zero attached hydrogens (tertiary/aromatic N) is 1. The summed E-state index contributed by atoms with van der Waals surface area (Å²) in [5.74, 6) is 0. The van der Waals surface area contributed by atoms with E-state index in [4.69, 9.17) is 4.42 Å². The molecule has 0 unspecified atom stereocenters. The lowest BCUT2D eigenvalue weighted by molar-refractivity contribution is 0.649. The van der Waals surface area contributed by atoms with Gasteiger partial charge in [-0.3, -0.25) is 4.98 Å². The Labute approximate surface area is 105 Å². The Kier molecular flexibility index (Phi) is 2.82. The van der Waals surface area contributed by atoms with E-state index in [9.17, 15) is 0 Å². The molecule has 0 atom stereocenters. The van der Waals surface area contributed by atoms with Crippen LogP contribution >= 0.6 is 0 Å². The molecule has 4 heteroatoms. The highest BCUT2D eigenvalue weighted by molar-refractivity contribution is 6.90. The van der Waals surface area contributed by atoms with E-state index >= 15 is 0 Å². The molecule has 2 aromatic heterocycles. The summed E-state index contributed by atoms with van der Waals surface area (Å²) in [5.41, 5.74) is 1.03. The third-order valence-corrected chi connectivity index (χ3v) is 6.38. The van der Waals surface area contributed by atoms with E-state index in [0.29, 0.717) is 0 Å². The third kappa shape index (κ3) is 2.37. The molecule has 0 aliphatic carbocycles. The van der Waals surface area contributed by atoms with Crippen LogP contribution in [0.5, 0.6) is 0 Å². The standard InChI is InChI=1S/C13H21NOSi2/c1-16(2,3)11-9-10-7-8-14-13(12(10)15-11)17(4,5)6/h7-9H,1-6H3. The first kappa shape index (κ1) is 12.6. The summed E-state index contributed by atoms with van der Waals surface area (Å²) < 4.78 is 6.12. The molecule has 92 valence electrons. The van der Waals surface area contributed by atoms with Crippen LogP contribution in [0.3, 0.4) is 0 Å².